The molecule has 0 unspecified atom stereocenters. The van der Waals surface area contributed by atoms with Gasteiger partial charge in [-0.2, -0.15) is 0 Å². The number of benzene rings is 1. The van der Waals surface area contributed by atoms with Gasteiger partial charge in [0.2, 0.25) is 0 Å². The van der Waals surface area contributed by atoms with Crippen molar-refractivity contribution in [1.82, 2.24) is 4.90 Å². The molecule has 0 aliphatic carbocycles. The van der Waals surface area contributed by atoms with Gasteiger partial charge >= 0.3 is 0 Å². The fourth-order valence-electron chi connectivity index (χ4n) is 2.32. The predicted molar refractivity (Wildman–Crippen MR) is 64.1 cm³/mol. The summed E-state index contributed by atoms with van der Waals surface area (Å²) >= 11 is 0. The summed E-state index contributed by atoms with van der Waals surface area (Å²) < 4.78 is 18.8. The maximum absolute atomic E-state index is 13.8. The zero-order valence-electron chi connectivity index (χ0n) is 10.2. The summed E-state index contributed by atoms with van der Waals surface area (Å²) in [5.41, 5.74) is -0.0552. The molecule has 1 aromatic carbocycles. The first-order valence-corrected chi connectivity index (χ1v) is 5.93. The van der Waals surface area contributed by atoms with Crippen LogP contribution in [0.3, 0.4) is 0 Å². The van der Waals surface area contributed by atoms with Crippen molar-refractivity contribution in [2.45, 2.75) is 18.9 Å². The van der Waals surface area contributed by atoms with Gasteiger partial charge in [0.15, 0.2) is 0 Å². The Labute approximate surface area is 105 Å². The standard InChI is InChI=1S/C13H16FNO3/c1-18-11-6-2-5-10(14)12(11)13(17)15-7-3-4-9(15)8-16/h2,5-6,9,16H,3-4,7-8H2,1H3/t9-/m0/s1. The van der Waals surface area contributed by atoms with E-state index in [-0.39, 0.29) is 24.0 Å². The minimum absolute atomic E-state index is 0.0552. The first kappa shape index (κ1) is 12.8. The zero-order valence-corrected chi connectivity index (χ0v) is 10.2. The lowest BCUT2D eigenvalue weighted by molar-refractivity contribution is 0.0669. The van der Waals surface area contributed by atoms with E-state index in [9.17, 15) is 14.3 Å². The van der Waals surface area contributed by atoms with Crippen molar-refractivity contribution < 1.29 is 19.0 Å². The van der Waals surface area contributed by atoms with Crippen LogP contribution in [-0.2, 0) is 0 Å². The number of carbonyl (C=O) groups is 1. The molecule has 98 valence electrons. The minimum atomic E-state index is -0.595. The van der Waals surface area contributed by atoms with Gasteiger partial charge in [-0.25, -0.2) is 4.39 Å². The van der Waals surface area contributed by atoms with Crippen molar-refractivity contribution in [2.75, 3.05) is 20.3 Å². The van der Waals surface area contributed by atoms with E-state index in [2.05, 4.69) is 0 Å². The highest BCUT2D eigenvalue weighted by Gasteiger charge is 2.31. The van der Waals surface area contributed by atoms with Gasteiger partial charge in [-0.1, -0.05) is 6.07 Å². The maximum Gasteiger partial charge on any atom is 0.260 e. The SMILES string of the molecule is COc1cccc(F)c1C(=O)N1CCC[C@H]1CO. The lowest BCUT2D eigenvalue weighted by Crippen LogP contribution is -2.38. The second-order valence-corrected chi connectivity index (χ2v) is 4.29. The Morgan fingerprint density at radius 1 is 1.61 bits per heavy atom. The number of likely N-dealkylation sites (tertiary alicyclic amines) is 1. The van der Waals surface area contributed by atoms with E-state index in [1.54, 1.807) is 6.07 Å². The van der Waals surface area contributed by atoms with Crippen LogP contribution in [-0.4, -0.2) is 42.2 Å². The van der Waals surface area contributed by atoms with E-state index in [0.29, 0.717) is 6.54 Å². The van der Waals surface area contributed by atoms with Gasteiger partial charge in [0.25, 0.3) is 5.91 Å². The lowest BCUT2D eigenvalue weighted by Gasteiger charge is -2.24. The largest absolute Gasteiger partial charge is 0.496 e. The van der Waals surface area contributed by atoms with Crippen LogP contribution < -0.4 is 4.74 Å². The van der Waals surface area contributed by atoms with Crippen LogP contribution in [0.15, 0.2) is 18.2 Å². The molecule has 1 aliphatic rings. The summed E-state index contributed by atoms with van der Waals surface area (Å²) in [5, 5.41) is 9.21. The van der Waals surface area contributed by atoms with E-state index >= 15 is 0 Å². The van der Waals surface area contributed by atoms with Gasteiger partial charge in [0.05, 0.1) is 19.8 Å². The van der Waals surface area contributed by atoms with Crippen LogP contribution in [0.5, 0.6) is 5.75 Å². The fourth-order valence-corrected chi connectivity index (χ4v) is 2.32. The number of carbonyl (C=O) groups excluding carboxylic acids is 1. The Hall–Kier alpha value is -1.62. The van der Waals surface area contributed by atoms with E-state index in [4.69, 9.17) is 4.74 Å². The number of aliphatic hydroxyl groups excluding tert-OH is 1. The minimum Gasteiger partial charge on any atom is -0.496 e. The number of halogens is 1. The molecule has 18 heavy (non-hydrogen) atoms. The first-order chi connectivity index (χ1) is 8.69. The Morgan fingerprint density at radius 2 is 2.39 bits per heavy atom. The van der Waals surface area contributed by atoms with Gasteiger partial charge in [-0.3, -0.25) is 4.79 Å². The molecule has 4 nitrogen and oxygen atoms in total. The summed E-state index contributed by atoms with van der Waals surface area (Å²) in [7, 11) is 1.40. The molecule has 2 rings (SSSR count). The molecule has 0 radical (unpaired) electrons. The summed E-state index contributed by atoms with van der Waals surface area (Å²) in [6.45, 7) is 0.448. The molecule has 0 bridgehead atoms. The number of hydrogen-bond acceptors (Lipinski definition) is 3. The third-order valence-corrected chi connectivity index (χ3v) is 3.26. The van der Waals surface area contributed by atoms with Crippen LogP contribution in [0.25, 0.3) is 0 Å². The van der Waals surface area contributed by atoms with Crippen LogP contribution >= 0.6 is 0 Å². The zero-order chi connectivity index (χ0) is 13.1. The van der Waals surface area contributed by atoms with Crippen molar-refractivity contribution in [3.63, 3.8) is 0 Å². The quantitative estimate of drug-likeness (QED) is 0.886. The molecular formula is C13H16FNO3. The van der Waals surface area contributed by atoms with Gasteiger partial charge < -0.3 is 14.7 Å². The number of hydrogen-bond donors (Lipinski definition) is 1. The fraction of sp³-hybridized carbons (Fsp3) is 0.462. The molecule has 1 aliphatic heterocycles. The molecule has 1 heterocycles. The Kier molecular flexibility index (Phi) is 3.81. The van der Waals surface area contributed by atoms with Crippen molar-refractivity contribution in [2.24, 2.45) is 0 Å². The van der Waals surface area contributed by atoms with Crippen LogP contribution in [0.2, 0.25) is 0 Å². The number of aliphatic hydroxyl groups is 1. The third kappa shape index (κ3) is 2.18. The van der Waals surface area contributed by atoms with Gasteiger partial charge in [-0.05, 0) is 25.0 Å². The van der Waals surface area contributed by atoms with E-state index in [1.807, 2.05) is 0 Å². The molecule has 0 saturated carbocycles. The summed E-state index contributed by atoms with van der Waals surface area (Å²) in [6, 6.07) is 4.07. The number of nitrogens with zero attached hydrogens (tertiary/aromatic N) is 1. The second-order valence-electron chi connectivity index (χ2n) is 4.29. The van der Waals surface area contributed by atoms with E-state index in [1.165, 1.54) is 24.1 Å². The van der Waals surface area contributed by atoms with Crippen LogP contribution in [0.1, 0.15) is 23.2 Å². The first-order valence-electron chi connectivity index (χ1n) is 5.93. The molecule has 1 N–H and O–H groups in total. The molecular weight excluding hydrogens is 237 g/mol. The van der Waals surface area contributed by atoms with E-state index in [0.717, 1.165) is 12.8 Å². The third-order valence-electron chi connectivity index (χ3n) is 3.26. The highest BCUT2D eigenvalue weighted by molar-refractivity contribution is 5.97. The Balaban J connectivity index is 2.34. The molecule has 1 amide bonds. The van der Waals surface area contributed by atoms with E-state index < -0.39 is 11.7 Å². The van der Waals surface area contributed by atoms with Crippen LogP contribution in [0, 0.1) is 5.82 Å². The summed E-state index contributed by atoms with van der Waals surface area (Å²) in [5.74, 6) is -0.784. The van der Waals surface area contributed by atoms with Gasteiger partial charge in [0.1, 0.15) is 17.1 Å². The smallest absolute Gasteiger partial charge is 0.260 e. The molecule has 1 aromatic rings. The average molecular weight is 253 g/mol. The molecule has 0 aromatic heterocycles. The maximum atomic E-state index is 13.8. The number of methoxy groups -OCH3 is 1. The lowest BCUT2D eigenvalue weighted by atomic mass is 10.1. The average Bonchev–Trinajstić information content (AvgIpc) is 2.85. The molecule has 1 saturated heterocycles. The number of rotatable bonds is 3. The number of amides is 1. The molecule has 1 fully saturated rings. The summed E-state index contributed by atoms with van der Waals surface area (Å²) in [4.78, 5) is 13.8. The predicted octanol–water partition coefficient (Wildman–Crippen LogP) is 1.43. The van der Waals surface area contributed by atoms with Gasteiger partial charge in [-0.15, -0.1) is 0 Å². The second kappa shape index (κ2) is 5.35. The normalized spacial score (nSPS) is 19.1. The monoisotopic (exact) mass is 253 g/mol. The Bertz CT molecular complexity index is 450. The van der Waals surface area contributed by atoms with Gasteiger partial charge in [0, 0.05) is 6.54 Å². The molecule has 0 spiro atoms. The van der Waals surface area contributed by atoms with Crippen molar-refractivity contribution in [1.29, 1.82) is 0 Å². The molecule has 5 heteroatoms. The van der Waals surface area contributed by atoms with Crippen molar-refractivity contribution >= 4 is 5.91 Å². The highest BCUT2D eigenvalue weighted by Crippen LogP contribution is 2.26. The summed E-state index contributed by atoms with van der Waals surface area (Å²) in [6.07, 6.45) is 1.58. The Morgan fingerprint density at radius 3 is 3.06 bits per heavy atom. The van der Waals surface area contributed by atoms with Crippen molar-refractivity contribution in [3.8, 4) is 5.75 Å². The van der Waals surface area contributed by atoms with Crippen LogP contribution in [0.4, 0.5) is 4.39 Å². The highest BCUT2D eigenvalue weighted by atomic mass is 19.1. The van der Waals surface area contributed by atoms with Crippen molar-refractivity contribution in [3.05, 3.63) is 29.6 Å². The molecule has 1 atom stereocenters. The number of ether oxygens (including phenoxy) is 1. The topological polar surface area (TPSA) is 49.8 Å².